The molecule has 4 aromatic rings. The molecule has 4 nitrogen and oxygen atoms in total. The van der Waals surface area contributed by atoms with Gasteiger partial charge in [0.15, 0.2) is 0 Å². The zero-order valence-corrected chi connectivity index (χ0v) is 14.7. The summed E-state index contributed by atoms with van der Waals surface area (Å²) in [7, 11) is 0. The topological polar surface area (TPSA) is 57.4 Å². The van der Waals surface area contributed by atoms with Crippen LogP contribution in [0.4, 0.5) is 17.6 Å². The largest absolute Gasteiger partial charge is 0.416 e. The molecule has 1 N–H and O–H groups in total. The third-order valence-corrected chi connectivity index (χ3v) is 4.34. The molecule has 0 unspecified atom stereocenters. The SMILES string of the molecule is N#C/C(=C/c1cccn1-c1cccc(C(F)(F)F)c1)c1nc2ccc(F)cc2[nH]1. The highest BCUT2D eigenvalue weighted by Gasteiger charge is 2.30. The number of hydrogen-bond donors (Lipinski definition) is 1. The summed E-state index contributed by atoms with van der Waals surface area (Å²) in [6.45, 7) is 0. The van der Waals surface area contributed by atoms with E-state index in [0.29, 0.717) is 22.4 Å². The zero-order chi connectivity index (χ0) is 20.6. The van der Waals surface area contributed by atoms with Gasteiger partial charge in [-0.3, -0.25) is 0 Å². The van der Waals surface area contributed by atoms with E-state index < -0.39 is 17.6 Å². The number of rotatable bonds is 3. The van der Waals surface area contributed by atoms with Gasteiger partial charge in [-0.05, 0) is 54.6 Å². The van der Waals surface area contributed by atoms with Crippen LogP contribution < -0.4 is 0 Å². The molecule has 2 heterocycles. The molecule has 0 spiro atoms. The van der Waals surface area contributed by atoms with Crippen LogP contribution in [-0.4, -0.2) is 14.5 Å². The van der Waals surface area contributed by atoms with Crippen LogP contribution in [-0.2, 0) is 6.18 Å². The van der Waals surface area contributed by atoms with E-state index in [2.05, 4.69) is 9.97 Å². The summed E-state index contributed by atoms with van der Waals surface area (Å²) in [4.78, 5) is 7.17. The number of nitrogens with one attached hydrogen (secondary N) is 1. The van der Waals surface area contributed by atoms with Crippen molar-refractivity contribution in [3.05, 3.63) is 83.7 Å². The molecule has 29 heavy (non-hydrogen) atoms. The van der Waals surface area contributed by atoms with Crippen molar-refractivity contribution in [2.45, 2.75) is 6.18 Å². The second-order valence-electron chi connectivity index (χ2n) is 6.27. The number of nitriles is 1. The molecule has 0 bridgehead atoms. The Balaban J connectivity index is 1.77. The number of H-pyrrole nitrogens is 1. The van der Waals surface area contributed by atoms with Crippen molar-refractivity contribution in [2.75, 3.05) is 0 Å². The molecule has 0 aliphatic carbocycles. The number of benzene rings is 2. The smallest absolute Gasteiger partial charge is 0.337 e. The maximum absolute atomic E-state index is 13.4. The molecule has 0 aliphatic heterocycles. The molecular weight excluding hydrogens is 384 g/mol. The van der Waals surface area contributed by atoms with Crippen molar-refractivity contribution in [3.63, 3.8) is 0 Å². The van der Waals surface area contributed by atoms with Crippen molar-refractivity contribution < 1.29 is 17.6 Å². The Morgan fingerprint density at radius 2 is 1.93 bits per heavy atom. The van der Waals surface area contributed by atoms with Gasteiger partial charge in [0.25, 0.3) is 0 Å². The Morgan fingerprint density at radius 1 is 1.10 bits per heavy atom. The lowest BCUT2D eigenvalue weighted by molar-refractivity contribution is -0.137. The molecule has 0 fully saturated rings. The number of hydrogen-bond acceptors (Lipinski definition) is 2. The average Bonchev–Trinajstić information content (AvgIpc) is 3.31. The Kier molecular flexibility index (Phi) is 4.43. The van der Waals surface area contributed by atoms with Gasteiger partial charge < -0.3 is 9.55 Å². The Morgan fingerprint density at radius 3 is 2.69 bits per heavy atom. The molecule has 0 atom stereocenters. The van der Waals surface area contributed by atoms with Crippen molar-refractivity contribution in [1.29, 1.82) is 5.26 Å². The van der Waals surface area contributed by atoms with E-state index in [9.17, 15) is 22.8 Å². The summed E-state index contributed by atoms with van der Waals surface area (Å²) in [6, 6.07) is 14.3. The van der Waals surface area contributed by atoms with E-state index in [1.54, 1.807) is 24.4 Å². The van der Waals surface area contributed by atoms with E-state index in [1.807, 2.05) is 6.07 Å². The van der Waals surface area contributed by atoms with Gasteiger partial charge in [-0.1, -0.05) is 6.07 Å². The minimum absolute atomic E-state index is 0.161. The molecule has 0 radical (unpaired) electrons. The highest BCUT2D eigenvalue weighted by atomic mass is 19.4. The molecule has 4 rings (SSSR count). The first-order chi connectivity index (χ1) is 13.8. The maximum atomic E-state index is 13.4. The van der Waals surface area contributed by atoms with Crippen LogP contribution in [0.25, 0.3) is 28.4 Å². The monoisotopic (exact) mass is 396 g/mol. The molecule has 144 valence electrons. The van der Waals surface area contributed by atoms with Gasteiger partial charge in [0.1, 0.15) is 17.7 Å². The Hall–Kier alpha value is -3.86. The molecule has 8 heteroatoms. The number of imidazole rings is 1. The lowest BCUT2D eigenvalue weighted by atomic mass is 10.2. The van der Waals surface area contributed by atoms with Crippen molar-refractivity contribution >= 4 is 22.7 Å². The fraction of sp³-hybridized carbons (Fsp3) is 0.0476. The lowest BCUT2D eigenvalue weighted by Gasteiger charge is -2.11. The minimum atomic E-state index is -4.46. The Labute approximate surface area is 162 Å². The van der Waals surface area contributed by atoms with Crippen LogP contribution in [0.2, 0.25) is 0 Å². The molecule has 0 aliphatic rings. The van der Waals surface area contributed by atoms with Crippen LogP contribution >= 0.6 is 0 Å². The van der Waals surface area contributed by atoms with Crippen LogP contribution in [0.5, 0.6) is 0 Å². The van der Waals surface area contributed by atoms with E-state index in [0.717, 1.165) is 12.1 Å². The summed E-state index contributed by atoms with van der Waals surface area (Å²) in [5.74, 6) is -0.196. The van der Waals surface area contributed by atoms with Gasteiger partial charge in [-0.15, -0.1) is 0 Å². The molecular formula is C21H12F4N4. The summed E-state index contributed by atoms with van der Waals surface area (Å²) in [5, 5.41) is 9.56. The van der Waals surface area contributed by atoms with E-state index in [-0.39, 0.29) is 11.4 Å². The van der Waals surface area contributed by atoms with Gasteiger partial charge in [0, 0.05) is 17.6 Å². The summed E-state index contributed by atoms with van der Waals surface area (Å²) in [6.07, 6.45) is -1.35. The molecule has 0 amide bonds. The second kappa shape index (κ2) is 6.95. The van der Waals surface area contributed by atoms with Crippen LogP contribution in [0.15, 0.2) is 60.8 Å². The van der Waals surface area contributed by atoms with E-state index in [1.165, 1.54) is 34.9 Å². The van der Waals surface area contributed by atoms with Crippen LogP contribution in [0.1, 0.15) is 17.1 Å². The van der Waals surface area contributed by atoms with Gasteiger partial charge >= 0.3 is 6.18 Å². The first kappa shape index (κ1) is 18.5. The predicted octanol–water partition coefficient (Wildman–Crippen LogP) is 5.58. The second-order valence-corrected chi connectivity index (χ2v) is 6.27. The van der Waals surface area contributed by atoms with Gasteiger partial charge in [-0.25, -0.2) is 9.37 Å². The fourth-order valence-corrected chi connectivity index (χ4v) is 2.99. The molecule has 2 aromatic heterocycles. The molecule has 2 aromatic carbocycles. The van der Waals surface area contributed by atoms with E-state index in [4.69, 9.17) is 0 Å². The third-order valence-electron chi connectivity index (χ3n) is 4.34. The third kappa shape index (κ3) is 3.62. The van der Waals surface area contributed by atoms with Crippen LogP contribution in [0, 0.1) is 17.1 Å². The highest BCUT2D eigenvalue weighted by Crippen LogP contribution is 2.31. The number of allylic oxidation sites excluding steroid dienone is 1. The number of aromatic amines is 1. The van der Waals surface area contributed by atoms with Crippen molar-refractivity contribution in [2.24, 2.45) is 0 Å². The first-order valence-corrected chi connectivity index (χ1v) is 8.47. The van der Waals surface area contributed by atoms with E-state index >= 15 is 0 Å². The Bertz CT molecular complexity index is 1270. The van der Waals surface area contributed by atoms with Crippen molar-refractivity contribution in [3.8, 4) is 11.8 Å². The van der Waals surface area contributed by atoms with Gasteiger partial charge in [-0.2, -0.15) is 18.4 Å². The lowest BCUT2D eigenvalue weighted by Crippen LogP contribution is -2.06. The predicted molar refractivity (Wildman–Crippen MR) is 100 cm³/mol. The average molecular weight is 396 g/mol. The summed E-state index contributed by atoms with van der Waals surface area (Å²) < 4.78 is 54.0. The number of halogens is 4. The number of alkyl halides is 3. The molecule has 0 saturated heterocycles. The molecule has 0 saturated carbocycles. The number of nitrogens with zero attached hydrogens (tertiary/aromatic N) is 3. The van der Waals surface area contributed by atoms with Crippen molar-refractivity contribution in [1.82, 2.24) is 14.5 Å². The normalized spacial score (nSPS) is 12.3. The minimum Gasteiger partial charge on any atom is -0.337 e. The van der Waals surface area contributed by atoms with Gasteiger partial charge in [0.2, 0.25) is 0 Å². The summed E-state index contributed by atoms with van der Waals surface area (Å²) >= 11 is 0. The fourth-order valence-electron chi connectivity index (χ4n) is 2.99. The first-order valence-electron chi connectivity index (χ1n) is 8.47. The van der Waals surface area contributed by atoms with Crippen LogP contribution in [0.3, 0.4) is 0 Å². The standard InChI is InChI=1S/C21H12F4N4/c22-15-6-7-18-19(11-15)28-20(27-18)13(12-26)9-16-5-2-8-29(16)17-4-1-3-14(10-17)21(23,24)25/h1-11H,(H,27,28)/b13-9-. The highest BCUT2D eigenvalue weighted by molar-refractivity contribution is 5.90. The summed E-state index contributed by atoms with van der Waals surface area (Å²) in [5.41, 5.74) is 1.13. The number of aromatic nitrogens is 3. The zero-order valence-electron chi connectivity index (χ0n) is 14.7. The quantitative estimate of drug-likeness (QED) is 0.363. The van der Waals surface area contributed by atoms with Gasteiger partial charge in [0.05, 0.1) is 22.2 Å². The maximum Gasteiger partial charge on any atom is 0.416 e. The number of fused-ring (bicyclic) bond motifs is 1.